The van der Waals surface area contributed by atoms with E-state index in [0.717, 1.165) is 22.8 Å². The molecule has 0 saturated carbocycles. The summed E-state index contributed by atoms with van der Waals surface area (Å²) in [7, 11) is 0. The fourth-order valence-electron chi connectivity index (χ4n) is 4.17. The predicted octanol–water partition coefficient (Wildman–Crippen LogP) is 9.01. The Labute approximate surface area is 200 Å². The van der Waals surface area contributed by atoms with Crippen molar-refractivity contribution >= 4 is 23.8 Å². The summed E-state index contributed by atoms with van der Waals surface area (Å²) in [5.74, 6) is 1.72. The van der Waals surface area contributed by atoms with Crippen LogP contribution in [-0.4, -0.2) is 17.4 Å². The molecule has 3 rings (SSSR count). The number of aliphatic imine (C=N–C) groups is 2. The number of para-hydroxylation sites is 2. The van der Waals surface area contributed by atoms with Gasteiger partial charge in [0.2, 0.25) is 0 Å². The van der Waals surface area contributed by atoms with Gasteiger partial charge in [-0.05, 0) is 58.1 Å². The van der Waals surface area contributed by atoms with Crippen molar-refractivity contribution in [1.29, 1.82) is 0 Å². The summed E-state index contributed by atoms with van der Waals surface area (Å²) in [6.45, 7) is 17.8. The third kappa shape index (κ3) is 5.90. The molecule has 0 aliphatic rings. The van der Waals surface area contributed by atoms with Crippen molar-refractivity contribution in [3.05, 3.63) is 82.2 Å². The molecule has 3 aromatic rings. The number of nitrogens with one attached hydrogen (secondary N) is 1. The quantitative estimate of drug-likeness (QED) is 0.339. The van der Waals surface area contributed by atoms with Gasteiger partial charge in [0.05, 0.1) is 35.2 Å². The molecule has 0 atom stereocenters. The fourth-order valence-corrected chi connectivity index (χ4v) is 4.17. The molecule has 3 nitrogen and oxygen atoms in total. The largest absolute Gasteiger partial charge is 0.353 e. The van der Waals surface area contributed by atoms with E-state index in [4.69, 9.17) is 9.98 Å². The summed E-state index contributed by atoms with van der Waals surface area (Å²) in [5, 5.41) is 0. The van der Waals surface area contributed by atoms with Gasteiger partial charge in [0.25, 0.3) is 0 Å². The molecule has 0 saturated heterocycles. The summed E-state index contributed by atoms with van der Waals surface area (Å²) in [6, 6.07) is 17.2. The van der Waals surface area contributed by atoms with Crippen molar-refractivity contribution < 1.29 is 0 Å². The molecule has 0 radical (unpaired) electrons. The summed E-state index contributed by atoms with van der Waals surface area (Å²) in [5.41, 5.74) is 9.31. The average molecular weight is 442 g/mol. The first-order valence-corrected chi connectivity index (χ1v) is 12.2. The van der Waals surface area contributed by atoms with Gasteiger partial charge < -0.3 is 4.98 Å². The summed E-state index contributed by atoms with van der Waals surface area (Å²) >= 11 is 0. The van der Waals surface area contributed by atoms with Crippen LogP contribution in [0, 0.1) is 0 Å². The summed E-state index contributed by atoms with van der Waals surface area (Å²) in [6.07, 6.45) is 3.87. The Morgan fingerprint density at radius 3 is 1.09 bits per heavy atom. The molecule has 2 aromatic carbocycles. The molecule has 0 aliphatic heterocycles. The molecule has 174 valence electrons. The zero-order chi connectivity index (χ0) is 24.1. The molecule has 0 aliphatic carbocycles. The third-order valence-corrected chi connectivity index (χ3v) is 6.08. The van der Waals surface area contributed by atoms with Gasteiger partial charge in [0.1, 0.15) is 0 Å². The van der Waals surface area contributed by atoms with E-state index in [-0.39, 0.29) is 0 Å². The topological polar surface area (TPSA) is 40.5 Å². The van der Waals surface area contributed by atoms with E-state index in [1.807, 2.05) is 12.4 Å². The van der Waals surface area contributed by atoms with Crippen molar-refractivity contribution in [3.8, 4) is 0 Å². The zero-order valence-corrected chi connectivity index (χ0v) is 21.5. The second kappa shape index (κ2) is 10.8. The number of aromatic amines is 1. The first-order chi connectivity index (χ1) is 15.7. The molecule has 33 heavy (non-hydrogen) atoms. The highest BCUT2D eigenvalue weighted by atomic mass is 14.8. The number of H-pyrrole nitrogens is 1. The van der Waals surface area contributed by atoms with E-state index in [1.54, 1.807) is 0 Å². The predicted molar refractivity (Wildman–Crippen MR) is 145 cm³/mol. The van der Waals surface area contributed by atoms with E-state index in [1.165, 1.54) is 22.3 Å². The summed E-state index contributed by atoms with van der Waals surface area (Å²) in [4.78, 5) is 13.3. The average Bonchev–Trinajstić information content (AvgIpc) is 3.23. The molecule has 0 fully saturated rings. The lowest BCUT2D eigenvalue weighted by Gasteiger charge is -2.16. The Hall–Kier alpha value is -2.94. The van der Waals surface area contributed by atoms with Crippen molar-refractivity contribution in [2.45, 2.75) is 79.1 Å². The van der Waals surface area contributed by atoms with Crippen molar-refractivity contribution in [2.75, 3.05) is 0 Å². The molecule has 0 unspecified atom stereocenters. The maximum absolute atomic E-state index is 4.92. The first-order valence-electron chi connectivity index (χ1n) is 12.2. The van der Waals surface area contributed by atoms with Crippen LogP contribution < -0.4 is 0 Å². The Morgan fingerprint density at radius 2 is 0.818 bits per heavy atom. The van der Waals surface area contributed by atoms with E-state index < -0.39 is 0 Å². The molecular formula is C30H39N3. The van der Waals surface area contributed by atoms with Gasteiger partial charge >= 0.3 is 0 Å². The van der Waals surface area contributed by atoms with E-state index in [9.17, 15) is 0 Å². The van der Waals surface area contributed by atoms with Crippen molar-refractivity contribution in [1.82, 2.24) is 4.98 Å². The highest BCUT2D eigenvalue weighted by molar-refractivity contribution is 5.86. The van der Waals surface area contributed by atoms with E-state index in [2.05, 4.69) is 109 Å². The van der Waals surface area contributed by atoms with Gasteiger partial charge in [-0.15, -0.1) is 0 Å². The number of hydrogen-bond acceptors (Lipinski definition) is 2. The smallest absolute Gasteiger partial charge is 0.0699 e. The molecule has 1 aromatic heterocycles. The molecule has 0 spiro atoms. The lowest BCUT2D eigenvalue weighted by Crippen LogP contribution is -1.96. The number of rotatable bonds is 8. The van der Waals surface area contributed by atoms with Crippen molar-refractivity contribution in [2.24, 2.45) is 9.98 Å². The van der Waals surface area contributed by atoms with Crippen LogP contribution in [0.2, 0.25) is 0 Å². The minimum Gasteiger partial charge on any atom is -0.353 e. The fraction of sp³-hybridized carbons (Fsp3) is 0.400. The monoisotopic (exact) mass is 441 g/mol. The van der Waals surface area contributed by atoms with Crippen LogP contribution in [0.4, 0.5) is 11.4 Å². The standard InChI is InChI=1S/C30H39N3/c1-19(2)25-11-9-12-26(20(3)4)29(25)31-17-23-15-16-24(33-23)18-32-30-27(21(5)6)13-10-14-28(30)22(7)8/h9-22,33H,1-8H3. The second-order valence-corrected chi connectivity index (χ2v) is 10.1. The zero-order valence-electron chi connectivity index (χ0n) is 21.5. The van der Waals surface area contributed by atoms with Gasteiger partial charge in [-0.1, -0.05) is 91.8 Å². The molecule has 0 bridgehead atoms. The normalized spacial score (nSPS) is 12.5. The molecule has 3 heteroatoms. The summed E-state index contributed by atoms with van der Waals surface area (Å²) < 4.78 is 0. The highest BCUT2D eigenvalue weighted by Gasteiger charge is 2.14. The number of nitrogens with zero attached hydrogens (tertiary/aromatic N) is 2. The van der Waals surface area contributed by atoms with Gasteiger partial charge in [-0.25, -0.2) is 0 Å². The SMILES string of the molecule is CC(C)c1cccc(C(C)C)c1N=Cc1ccc(C=Nc2c(C(C)C)cccc2C(C)C)[nH]1. The Kier molecular flexibility index (Phi) is 8.07. The van der Waals surface area contributed by atoms with Gasteiger partial charge in [-0.3, -0.25) is 9.98 Å². The molecular weight excluding hydrogens is 402 g/mol. The Morgan fingerprint density at radius 1 is 0.515 bits per heavy atom. The minimum atomic E-state index is 0.429. The van der Waals surface area contributed by atoms with Crippen LogP contribution in [-0.2, 0) is 0 Å². The Bertz CT molecular complexity index is 987. The molecule has 1 N–H and O–H groups in total. The van der Waals surface area contributed by atoms with Crippen LogP contribution >= 0.6 is 0 Å². The molecule has 0 amide bonds. The molecule has 1 heterocycles. The van der Waals surface area contributed by atoms with Crippen LogP contribution in [0.15, 0.2) is 58.5 Å². The van der Waals surface area contributed by atoms with E-state index in [0.29, 0.717) is 23.7 Å². The first kappa shape index (κ1) is 24.7. The third-order valence-electron chi connectivity index (χ3n) is 6.08. The van der Waals surface area contributed by atoms with Gasteiger partial charge in [0, 0.05) is 0 Å². The number of hydrogen-bond donors (Lipinski definition) is 1. The van der Waals surface area contributed by atoms with Gasteiger partial charge in [-0.2, -0.15) is 0 Å². The lowest BCUT2D eigenvalue weighted by atomic mass is 9.93. The number of aromatic nitrogens is 1. The van der Waals surface area contributed by atoms with Crippen LogP contribution in [0.5, 0.6) is 0 Å². The maximum Gasteiger partial charge on any atom is 0.0699 e. The van der Waals surface area contributed by atoms with Gasteiger partial charge in [0.15, 0.2) is 0 Å². The van der Waals surface area contributed by atoms with E-state index >= 15 is 0 Å². The van der Waals surface area contributed by atoms with Crippen LogP contribution in [0.3, 0.4) is 0 Å². The minimum absolute atomic E-state index is 0.429. The maximum atomic E-state index is 4.92. The van der Waals surface area contributed by atoms with Crippen LogP contribution in [0.1, 0.15) is 113 Å². The number of benzene rings is 2. The Balaban J connectivity index is 1.90. The second-order valence-electron chi connectivity index (χ2n) is 10.1. The highest BCUT2D eigenvalue weighted by Crippen LogP contribution is 2.35. The van der Waals surface area contributed by atoms with Crippen molar-refractivity contribution in [3.63, 3.8) is 0 Å². The lowest BCUT2D eigenvalue weighted by molar-refractivity contribution is 0.835. The van der Waals surface area contributed by atoms with Crippen LogP contribution in [0.25, 0.3) is 0 Å².